The molecule has 1 unspecified atom stereocenters. The minimum atomic E-state index is -0.549. The summed E-state index contributed by atoms with van der Waals surface area (Å²) in [6, 6.07) is 6.52. The number of hydrogen-bond acceptors (Lipinski definition) is 4. The number of esters is 1. The van der Waals surface area contributed by atoms with Crippen LogP contribution in [0.2, 0.25) is 0 Å². The predicted octanol–water partition coefficient (Wildman–Crippen LogP) is 4.80. The lowest BCUT2D eigenvalue weighted by molar-refractivity contribution is -0.174. The molecule has 1 aromatic carbocycles. The predicted molar refractivity (Wildman–Crippen MR) is 108 cm³/mol. The number of nitrogens with zero attached hydrogens (tertiary/aromatic N) is 1. The highest BCUT2D eigenvalue weighted by Crippen LogP contribution is 2.58. The quantitative estimate of drug-likeness (QED) is 0.600. The highest BCUT2D eigenvalue weighted by Gasteiger charge is 2.56. The maximum absolute atomic E-state index is 13.3. The molecule has 5 heteroatoms. The molecule has 28 heavy (non-hydrogen) atoms. The maximum Gasteiger partial charge on any atom is 0.303 e. The molecule has 2 aliphatic carbocycles. The molecule has 1 heterocycles. The first-order valence-corrected chi connectivity index (χ1v) is 9.91. The highest BCUT2D eigenvalue weighted by molar-refractivity contribution is 5.67. The number of nitrogens with one attached hydrogen (secondary N) is 1. The van der Waals surface area contributed by atoms with E-state index in [1.54, 1.807) is 12.1 Å². The SMILES string of the molecule is C=CC[C@]1(OC(C)=O)CCCC2=CC3=C(CNN3c3ccc(F)cc3)CC21C. The van der Waals surface area contributed by atoms with Gasteiger partial charge in [-0.15, -0.1) is 6.58 Å². The van der Waals surface area contributed by atoms with Gasteiger partial charge in [-0.25, -0.2) is 9.82 Å². The second kappa shape index (κ2) is 6.89. The number of fused-ring (bicyclic) bond motifs is 1. The molecule has 0 amide bonds. The van der Waals surface area contributed by atoms with Crippen LogP contribution >= 0.6 is 0 Å². The Morgan fingerprint density at radius 2 is 2.14 bits per heavy atom. The maximum atomic E-state index is 13.3. The fourth-order valence-electron chi connectivity index (χ4n) is 5.20. The van der Waals surface area contributed by atoms with Crippen molar-refractivity contribution in [3.63, 3.8) is 0 Å². The zero-order valence-electron chi connectivity index (χ0n) is 16.6. The van der Waals surface area contributed by atoms with Gasteiger partial charge in [0.1, 0.15) is 11.4 Å². The van der Waals surface area contributed by atoms with Crippen molar-refractivity contribution < 1.29 is 13.9 Å². The van der Waals surface area contributed by atoms with E-state index in [1.165, 1.54) is 30.2 Å². The third-order valence-corrected chi connectivity index (χ3v) is 6.57. The fraction of sp³-hybridized carbons (Fsp3) is 0.435. The molecule has 1 N–H and O–H groups in total. The molecular formula is C23H27FN2O2. The van der Waals surface area contributed by atoms with Crippen molar-refractivity contribution in [2.24, 2.45) is 5.41 Å². The van der Waals surface area contributed by atoms with Crippen molar-refractivity contribution in [3.05, 3.63) is 65.7 Å². The zero-order valence-corrected chi connectivity index (χ0v) is 16.6. The smallest absolute Gasteiger partial charge is 0.303 e. The fourth-order valence-corrected chi connectivity index (χ4v) is 5.20. The van der Waals surface area contributed by atoms with Gasteiger partial charge in [0.2, 0.25) is 0 Å². The van der Waals surface area contributed by atoms with Crippen LogP contribution in [0.25, 0.3) is 0 Å². The number of ether oxygens (including phenoxy) is 1. The third kappa shape index (κ3) is 2.89. The number of rotatable bonds is 4. The Morgan fingerprint density at radius 1 is 1.39 bits per heavy atom. The van der Waals surface area contributed by atoms with E-state index in [4.69, 9.17) is 4.74 Å². The monoisotopic (exact) mass is 382 g/mol. The number of anilines is 1. The van der Waals surface area contributed by atoms with Crippen LogP contribution in [-0.2, 0) is 9.53 Å². The molecule has 0 aromatic heterocycles. The molecule has 1 aromatic rings. The van der Waals surface area contributed by atoms with E-state index in [1.807, 2.05) is 11.1 Å². The molecule has 1 saturated carbocycles. The molecule has 0 radical (unpaired) electrons. The first-order chi connectivity index (χ1) is 13.4. The largest absolute Gasteiger partial charge is 0.458 e. The lowest BCUT2D eigenvalue weighted by Gasteiger charge is -2.53. The van der Waals surface area contributed by atoms with E-state index in [-0.39, 0.29) is 17.2 Å². The van der Waals surface area contributed by atoms with Gasteiger partial charge < -0.3 is 4.74 Å². The molecule has 1 aliphatic heterocycles. The van der Waals surface area contributed by atoms with Gasteiger partial charge in [0.25, 0.3) is 0 Å². The summed E-state index contributed by atoms with van der Waals surface area (Å²) in [7, 11) is 0. The average molecular weight is 382 g/mol. The lowest BCUT2D eigenvalue weighted by atomic mass is 9.56. The Balaban J connectivity index is 1.72. The number of carbonyl (C=O) groups excluding carboxylic acids is 1. The molecule has 0 spiro atoms. The van der Waals surface area contributed by atoms with Gasteiger partial charge in [-0.3, -0.25) is 9.80 Å². The van der Waals surface area contributed by atoms with Crippen LogP contribution in [0.4, 0.5) is 10.1 Å². The van der Waals surface area contributed by atoms with Crippen LogP contribution < -0.4 is 10.4 Å². The van der Waals surface area contributed by atoms with Crippen LogP contribution in [-0.4, -0.2) is 18.1 Å². The Kier molecular flexibility index (Phi) is 4.66. The average Bonchev–Trinajstić information content (AvgIpc) is 3.03. The standard InChI is InChI=1S/C23H27FN2O2/c1-4-11-23(28-16(2)27)12-5-6-18-13-21-17(14-22(18,23)3)15-25-26(21)20-9-7-19(24)8-10-20/h4,7-10,13,25H,1,5-6,11-12,14-15H2,2-3H3/t22?,23-/m0/s1. The van der Waals surface area contributed by atoms with Crippen molar-refractivity contribution in [2.45, 2.75) is 51.6 Å². The number of hydrazine groups is 1. The van der Waals surface area contributed by atoms with Gasteiger partial charge in [-0.2, -0.15) is 0 Å². The summed E-state index contributed by atoms with van der Waals surface area (Å²) in [5.74, 6) is -0.476. The summed E-state index contributed by atoms with van der Waals surface area (Å²) in [5, 5.41) is 2.04. The van der Waals surface area contributed by atoms with E-state index in [2.05, 4.69) is 25.0 Å². The van der Waals surface area contributed by atoms with E-state index in [9.17, 15) is 9.18 Å². The summed E-state index contributed by atoms with van der Waals surface area (Å²) >= 11 is 0. The summed E-state index contributed by atoms with van der Waals surface area (Å²) in [4.78, 5) is 12.0. The molecule has 148 valence electrons. The van der Waals surface area contributed by atoms with Crippen molar-refractivity contribution >= 4 is 11.7 Å². The number of halogens is 1. The number of allylic oxidation sites excluding steroid dienone is 1. The molecule has 0 saturated heterocycles. The van der Waals surface area contributed by atoms with Crippen molar-refractivity contribution in [3.8, 4) is 0 Å². The topological polar surface area (TPSA) is 41.6 Å². The first-order valence-electron chi connectivity index (χ1n) is 9.91. The number of carbonyl (C=O) groups is 1. The minimum absolute atomic E-state index is 0.235. The van der Waals surface area contributed by atoms with Gasteiger partial charge in [0.15, 0.2) is 0 Å². The van der Waals surface area contributed by atoms with Gasteiger partial charge in [-0.05, 0) is 61.6 Å². The number of hydrogen-bond donors (Lipinski definition) is 1. The number of benzene rings is 1. The summed E-state index contributed by atoms with van der Waals surface area (Å²) < 4.78 is 19.3. The third-order valence-electron chi connectivity index (χ3n) is 6.57. The van der Waals surface area contributed by atoms with Gasteiger partial charge in [-0.1, -0.05) is 18.6 Å². The van der Waals surface area contributed by atoms with E-state index >= 15 is 0 Å². The molecule has 1 fully saturated rings. The zero-order chi connectivity index (χ0) is 19.9. The molecular weight excluding hydrogens is 355 g/mol. The summed E-state index contributed by atoms with van der Waals surface area (Å²) in [6.45, 7) is 8.38. The van der Waals surface area contributed by atoms with Crippen molar-refractivity contribution in [1.29, 1.82) is 0 Å². The van der Waals surface area contributed by atoms with E-state index in [0.29, 0.717) is 6.42 Å². The van der Waals surface area contributed by atoms with Gasteiger partial charge in [0, 0.05) is 25.3 Å². The van der Waals surface area contributed by atoms with E-state index in [0.717, 1.165) is 43.6 Å². The molecule has 3 aliphatic rings. The lowest BCUT2D eigenvalue weighted by Crippen LogP contribution is -2.53. The first kappa shape index (κ1) is 18.9. The molecule has 2 atom stereocenters. The minimum Gasteiger partial charge on any atom is -0.458 e. The van der Waals surface area contributed by atoms with Crippen LogP contribution in [0.15, 0.2) is 59.8 Å². The van der Waals surface area contributed by atoms with Crippen LogP contribution in [0, 0.1) is 11.2 Å². The summed E-state index contributed by atoms with van der Waals surface area (Å²) in [6.07, 6.45) is 8.43. The molecule has 4 nitrogen and oxygen atoms in total. The van der Waals surface area contributed by atoms with E-state index < -0.39 is 5.60 Å². The Labute approximate surface area is 165 Å². The van der Waals surface area contributed by atoms with Crippen molar-refractivity contribution in [2.75, 3.05) is 11.6 Å². The van der Waals surface area contributed by atoms with Crippen molar-refractivity contribution in [1.82, 2.24) is 5.43 Å². The Hall–Kier alpha value is -2.40. The molecule has 4 rings (SSSR count). The van der Waals surface area contributed by atoms with Crippen LogP contribution in [0.5, 0.6) is 0 Å². The van der Waals surface area contributed by atoms with Crippen LogP contribution in [0.1, 0.15) is 46.0 Å². The van der Waals surface area contributed by atoms with Crippen LogP contribution in [0.3, 0.4) is 0 Å². The van der Waals surface area contributed by atoms with Gasteiger partial charge >= 0.3 is 5.97 Å². The normalized spacial score (nSPS) is 29.1. The highest BCUT2D eigenvalue weighted by atomic mass is 19.1. The molecule has 0 bridgehead atoms. The summed E-state index contributed by atoms with van der Waals surface area (Å²) in [5.41, 5.74) is 7.29. The van der Waals surface area contributed by atoms with Gasteiger partial charge in [0.05, 0.1) is 11.4 Å². The second-order valence-corrected chi connectivity index (χ2v) is 8.25. The Morgan fingerprint density at radius 3 is 2.82 bits per heavy atom. The second-order valence-electron chi connectivity index (χ2n) is 8.25. The Bertz CT molecular complexity index is 873.